The van der Waals surface area contributed by atoms with Crippen molar-refractivity contribution in [1.82, 2.24) is 15.0 Å². The first-order valence-corrected chi connectivity index (χ1v) is 7.75. The first kappa shape index (κ1) is 14.8. The number of amides is 2. The molecule has 0 saturated heterocycles. The van der Waals surface area contributed by atoms with Gasteiger partial charge in [-0.15, -0.1) is 0 Å². The lowest BCUT2D eigenvalue weighted by Crippen LogP contribution is -2.32. The number of carbonyl (C=O) groups is 2. The predicted molar refractivity (Wildman–Crippen MR) is 78.9 cm³/mol. The second-order valence-corrected chi connectivity index (χ2v) is 5.76. The van der Waals surface area contributed by atoms with Crippen LogP contribution in [0, 0.1) is 0 Å². The molecule has 1 saturated carbocycles. The van der Waals surface area contributed by atoms with Gasteiger partial charge >= 0.3 is 0 Å². The van der Waals surface area contributed by atoms with Gasteiger partial charge in [0.15, 0.2) is 5.69 Å². The van der Waals surface area contributed by atoms with Crippen molar-refractivity contribution < 1.29 is 9.59 Å². The summed E-state index contributed by atoms with van der Waals surface area (Å²) in [7, 11) is 0. The molecule has 0 aromatic carbocycles. The van der Waals surface area contributed by atoms with Gasteiger partial charge in [-0.2, -0.15) is 4.37 Å². The molecule has 0 radical (unpaired) electrons. The van der Waals surface area contributed by atoms with Crippen molar-refractivity contribution in [2.45, 2.75) is 45.1 Å². The van der Waals surface area contributed by atoms with E-state index in [9.17, 15) is 9.59 Å². The van der Waals surface area contributed by atoms with Crippen molar-refractivity contribution in [2.24, 2.45) is 0 Å². The third kappa shape index (κ3) is 3.27. The van der Waals surface area contributed by atoms with Gasteiger partial charge in [0.25, 0.3) is 11.8 Å². The fourth-order valence-corrected chi connectivity index (χ4v) is 2.97. The minimum Gasteiger partial charge on any atom is -0.395 e. The molecule has 1 aliphatic carbocycles. The Morgan fingerprint density at radius 2 is 2.05 bits per heavy atom. The number of aromatic nitrogens is 1. The van der Waals surface area contributed by atoms with Gasteiger partial charge in [-0.1, -0.05) is 19.8 Å². The van der Waals surface area contributed by atoms with E-state index >= 15 is 0 Å². The molecule has 7 heteroatoms. The number of carbonyl (C=O) groups excluding carboxylic acids is 2. The zero-order chi connectivity index (χ0) is 14.5. The Hall–Kier alpha value is -1.63. The Labute approximate surface area is 122 Å². The van der Waals surface area contributed by atoms with Crippen LogP contribution in [-0.4, -0.2) is 28.8 Å². The molecule has 2 rings (SSSR count). The van der Waals surface area contributed by atoms with Crippen molar-refractivity contribution in [3.63, 3.8) is 0 Å². The largest absolute Gasteiger partial charge is 0.395 e. The molecule has 0 atom stereocenters. The maximum atomic E-state index is 12.1. The molecule has 0 spiro atoms. The topological polar surface area (TPSA) is 97.1 Å². The summed E-state index contributed by atoms with van der Waals surface area (Å²) in [6.45, 7) is 2.53. The van der Waals surface area contributed by atoms with Gasteiger partial charge in [0.05, 0.1) is 5.69 Å². The van der Waals surface area contributed by atoms with Crippen LogP contribution >= 0.6 is 11.5 Å². The van der Waals surface area contributed by atoms with Crippen LogP contribution in [0.5, 0.6) is 0 Å². The number of rotatable bonds is 5. The van der Waals surface area contributed by atoms with Gasteiger partial charge in [-0.25, -0.2) is 0 Å². The Bertz CT molecular complexity index is 495. The monoisotopic (exact) mass is 296 g/mol. The number of nitrogens with zero attached hydrogens (tertiary/aromatic N) is 1. The van der Waals surface area contributed by atoms with Gasteiger partial charge in [0.1, 0.15) is 4.88 Å². The number of hydrogen-bond acceptors (Lipinski definition) is 5. The van der Waals surface area contributed by atoms with Crippen LogP contribution in [0.25, 0.3) is 0 Å². The van der Waals surface area contributed by atoms with Gasteiger partial charge in [-0.3, -0.25) is 9.59 Å². The lowest BCUT2D eigenvalue weighted by molar-refractivity contribution is 0.0941. The number of hydrogen-bond donors (Lipinski definition) is 3. The molecule has 4 N–H and O–H groups in total. The average molecular weight is 296 g/mol. The molecule has 1 aromatic heterocycles. The molecule has 1 aromatic rings. The summed E-state index contributed by atoms with van der Waals surface area (Å²) >= 11 is 0.982. The van der Waals surface area contributed by atoms with Crippen molar-refractivity contribution in [3.05, 3.63) is 10.6 Å². The molecule has 110 valence electrons. The van der Waals surface area contributed by atoms with E-state index < -0.39 is 0 Å². The molecule has 0 bridgehead atoms. The van der Waals surface area contributed by atoms with Gasteiger partial charge in [0, 0.05) is 12.6 Å². The Balaban J connectivity index is 2.03. The van der Waals surface area contributed by atoms with Crippen LogP contribution in [0.1, 0.15) is 59.2 Å². The van der Waals surface area contributed by atoms with Crippen molar-refractivity contribution in [2.75, 3.05) is 12.3 Å². The number of anilines is 1. The SMILES string of the molecule is CCCNC(=O)c1nsc(C(=O)NC2CCCC2)c1N. The molecule has 20 heavy (non-hydrogen) atoms. The second-order valence-electron chi connectivity index (χ2n) is 4.98. The lowest BCUT2D eigenvalue weighted by atomic mass is 10.2. The minimum atomic E-state index is -0.319. The van der Waals surface area contributed by atoms with E-state index in [0.717, 1.165) is 43.6 Å². The molecule has 0 unspecified atom stereocenters. The van der Waals surface area contributed by atoms with Crippen LogP contribution in [-0.2, 0) is 0 Å². The minimum absolute atomic E-state index is 0.153. The molecule has 6 nitrogen and oxygen atoms in total. The first-order valence-electron chi connectivity index (χ1n) is 6.97. The average Bonchev–Trinajstić information content (AvgIpc) is 3.05. The summed E-state index contributed by atoms with van der Waals surface area (Å²) in [5.74, 6) is -0.540. The van der Waals surface area contributed by atoms with Crippen molar-refractivity contribution in [1.29, 1.82) is 0 Å². The summed E-state index contributed by atoms with van der Waals surface area (Å²) in [5, 5.41) is 5.66. The second kappa shape index (κ2) is 6.69. The van der Waals surface area contributed by atoms with E-state index in [1.54, 1.807) is 0 Å². The van der Waals surface area contributed by atoms with Gasteiger partial charge in [-0.05, 0) is 30.8 Å². The molecule has 0 aliphatic heterocycles. The molecular weight excluding hydrogens is 276 g/mol. The Morgan fingerprint density at radius 1 is 1.35 bits per heavy atom. The zero-order valence-electron chi connectivity index (χ0n) is 11.6. The number of nitrogens with one attached hydrogen (secondary N) is 2. The van der Waals surface area contributed by atoms with E-state index in [2.05, 4.69) is 15.0 Å². The van der Waals surface area contributed by atoms with Crippen LogP contribution in [0.15, 0.2) is 0 Å². The Kier molecular flexibility index (Phi) is 4.94. The summed E-state index contributed by atoms with van der Waals surface area (Å²) in [4.78, 5) is 24.3. The Morgan fingerprint density at radius 3 is 2.70 bits per heavy atom. The van der Waals surface area contributed by atoms with Crippen LogP contribution in [0.4, 0.5) is 5.69 Å². The maximum Gasteiger partial charge on any atom is 0.273 e. The standard InChI is InChI=1S/C13H20N4O2S/c1-2-7-15-12(18)10-9(14)11(20-17-10)13(19)16-8-5-3-4-6-8/h8H,2-7,14H2,1H3,(H,15,18)(H,16,19). The molecule has 2 amide bonds. The van der Waals surface area contributed by atoms with Gasteiger partial charge < -0.3 is 16.4 Å². The number of nitrogens with two attached hydrogens (primary N) is 1. The summed E-state index contributed by atoms with van der Waals surface area (Å²) in [5.41, 5.74) is 6.21. The van der Waals surface area contributed by atoms with Crippen molar-refractivity contribution in [3.8, 4) is 0 Å². The summed E-state index contributed by atoms with van der Waals surface area (Å²) in [6.07, 6.45) is 5.15. The third-order valence-electron chi connectivity index (χ3n) is 3.38. The summed E-state index contributed by atoms with van der Waals surface area (Å²) in [6, 6.07) is 0.223. The normalized spacial score (nSPS) is 15.2. The predicted octanol–water partition coefficient (Wildman–Crippen LogP) is 1.54. The van der Waals surface area contributed by atoms with Crippen molar-refractivity contribution >= 4 is 29.0 Å². The maximum absolute atomic E-state index is 12.1. The van der Waals surface area contributed by atoms with E-state index in [1.807, 2.05) is 6.92 Å². The highest BCUT2D eigenvalue weighted by Crippen LogP contribution is 2.23. The smallest absolute Gasteiger partial charge is 0.273 e. The van der Waals surface area contributed by atoms with Crippen LogP contribution in [0.3, 0.4) is 0 Å². The fraction of sp³-hybridized carbons (Fsp3) is 0.615. The fourth-order valence-electron chi connectivity index (χ4n) is 2.27. The highest BCUT2D eigenvalue weighted by atomic mass is 32.1. The zero-order valence-corrected chi connectivity index (χ0v) is 12.4. The van der Waals surface area contributed by atoms with E-state index in [-0.39, 0.29) is 29.2 Å². The molecule has 1 heterocycles. The number of nitrogen functional groups attached to an aromatic ring is 1. The molecular formula is C13H20N4O2S. The quantitative estimate of drug-likeness (QED) is 0.767. The van der Waals surface area contributed by atoms with E-state index in [4.69, 9.17) is 5.73 Å². The first-order chi connectivity index (χ1) is 9.63. The van der Waals surface area contributed by atoms with E-state index in [0.29, 0.717) is 11.4 Å². The molecule has 1 aliphatic rings. The van der Waals surface area contributed by atoms with E-state index in [1.165, 1.54) is 0 Å². The lowest BCUT2D eigenvalue weighted by Gasteiger charge is -2.10. The van der Waals surface area contributed by atoms with Gasteiger partial charge in [0.2, 0.25) is 0 Å². The molecule has 1 fully saturated rings. The third-order valence-corrected chi connectivity index (χ3v) is 4.24. The summed E-state index contributed by atoms with van der Waals surface area (Å²) < 4.78 is 4.01. The highest BCUT2D eigenvalue weighted by molar-refractivity contribution is 7.09. The van der Waals surface area contributed by atoms with Crippen LogP contribution in [0.2, 0.25) is 0 Å². The highest BCUT2D eigenvalue weighted by Gasteiger charge is 2.24. The van der Waals surface area contributed by atoms with Crippen LogP contribution < -0.4 is 16.4 Å².